The van der Waals surface area contributed by atoms with Crippen molar-refractivity contribution < 1.29 is 4.79 Å². The molecule has 0 atom stereocenters. The second-order valence-corrected chi connectivity index (χ2v) is 5.69. The molecule has 0 heterocycles. The van der Waals surface area contributed by atoms with Gasteiger partial charge in [0.1, 0.15) is 0 Å². The van der Waals surface area contributed by atoms with Crippen LogP contribution < -0.4 is 11.1 Å². The first-order chi connectivity index (χ1) is 9.04. The fraction of sp³-hybridized carbons (Fsp3) is 0.500. The third-order valence-electron chi connectivity index (χ3n) is 3.48. The van der Waals surface area contributed by atoms with E-state index < -0.39 is 0 Å². The molecular weight excluding hydrogens is 262 g/mol. The predicted molar refractivity (Wildman–Crippen MR) is 79.3 cm³/mol. The number of nitrogens with one attached hydrogen (secondary N) is 1. The SMILES string of the molecule is CN(CC(=O)Nc1ccc(N)cc1Cl)CC1CCC1. The quantitative estimate of drug-likeness (QED) is 0.816. The van der Waals surface area contributed by atoms with Crippen LogP contribution in [0.3, 0.4) is 0 Å². The lowest BCUT2D eigenvalue weighted by Gasteiger charge is -2.29. The number of nitrogen functional groups attached to an aromatic ring is 1. The molecule has 0 aromatic heterocycles. The molecular formula is C14H20ClN3O. The van der Waals surface area contributed by atoms with Gasteiger partial charge in [0, 0.05) is 12.2 Å². The van der Waals surface area contributed by atoms with E-state index in [0.29, 0.717) is 22.9 Å². The van der Waals surface area contributed by atoms with E-state index in [-0.39, 0.29) is 5.91 Å². The van der Waals surface area contributed by atoms with Gasteiger partial charge in [0.25, 0.3) is 0 Å². The number of hydrogen-bond acceptors (Lipinski definition) is 3. The smallest absolute Gasteiger partial charge is 0.238 e. The van der Waals surface area contributed by atoms with Crippen molar-refractivity contribution in [3.05, 3.63) is 23.2 Å². The standard InChI is InChI=1S/C14H20ClN3O/c1-18(8-10-3-2-4-10)9-14(19)17-13-6-5-11(16)7-12(13)15/h5-7,10H,2-4,8-9,16H2,1H3,(H,17,19). The zero-order chi connectivity index (χ0) is 13.8. The summed E-state index contributed by atoms with van der Waals surface area (Å²) in [4.78, 5) is 14.0. The fourth-order valence-corrected chi connectivity index (χ4v) is 2.48. The van der Waals surface area contributed by atoms with Crippen molar-refractivity contribution in [2.45, 2.75) is 19.3 Å². The number of nitrogens with two attached hydrogens (primary N) is 1. The van der Waals surface area contributed by atoms with Gasteiger partial charge >= 0.3 is 0 Å². The topological polar surface area (TPSA) is 58.4 Å². The summed E-state index contributed by atoms with van der Waals surface area (Å²) < 4.78 is 0. The van der Waals surface area contributed by atoms with E-state index in [0.717, 1.165) is 12.5 Å². The molecule has 1 amide bonds. The molecule has 2 rings (SSSR count). The maximum absolute atomic E-state index is 11.9. The maximum Gasteiger partial charge on any atom is 0.238 e. The van der Waals surface area contributed by atoms with Gasteiger partial charge in [0.15, 0.2) is 0 Å². The minimum atomic E-state index is -0.0477. The first-order valence-electron chi connectivity index (χ1n) is 6.58. The monoisotopic (exact) mass is 281 g/mol. The average Bonchev–Trinajstić information content (AvgIpc) is 2.27. The Morgan fingerprint density at radius 3 is 2.84 bits per heavy atom. The van der Waals surface area contributed by atoms with Crippen molar-refractivity contribution in [3.8, 4) is 0 Å². The van der Waals surface area contributed by atoms with Crippen LogP contribution in [-0.2, 0) is 4.79 Å². The minimum absolute atomic E-state index is 0.0477. The molecule has 0 unspecified atom stereocenters. The molecule has 0 bridgehead atoms. The molecule has 0 radical (unpaired) electrons. The van der Waals surface area contributed by atoms with Crippen molar-refractivity contribution in [1.29, 1.82) is 0 Å². The third kappa shape index (κ3) is 4.11. The molecule has 104 valence electrons. The van der Waals surface area contributed by atoms with Gasteiger partial charge in [-0.15, -0.1) is 0 Å². The van der Waals surface area contributed by atoms with Crippen LogP contribution in [0.4, 0.5) is 11.4 Å². The van der Waals surface area contributed by atoms with Crippen LogP contribution in [0, 0.1) is 5.92 Å². The second kappa shape index (κ2) is 6.26. The van der Waals surface area contributed by atoms with E-state index in [4.69, 9.17) is 17.3 Å². The molecule has 1 aromatic rings. The Labute approximate surface area is 118 Å². The number of hydrogen-bond donors (Lipinski definition) is 2. The average molecular weight is 282 g/mol. The Hall–Kier alpha value is -1.26. The first-order valence-corrected chi connectivity index (χ1v) is 6.96. The lowest BCUT2D eigenvalue weighted by Crippen LogP contribution is -2.35. The van der Waals surface area contributed by atoms with E-state index in [1.165, 1.54) is 19.3 Å². The van der Waals surface area contributed by atoms with Gasteiger partial charge in [-0.3, -0.25) is 9.69 Å². The van der Waals surface area contributed by atoms with Crippen LogP contribution in [0.1, 0.15) is 19.3 Å². The number of halogens is 1. The maximum atomic E-state index is 11.9. The fourth-order valence-electron chi connectivity index (χ4n) is 2.25. The van der Waals surface area contributed by atoms with Crippen LogP contribution >= 0.6 is 11.6 Å². The highest BCUT2D eigenvalue weighted by Gasteiger charge is 2.20. The number of rotatable bonds is 5. The highest BCUT2D eigenvalue weighted by molar-refractivity contribution is 6.34. The van der Waals surface area contributed by atoms with Gasteiger partial charge in [0.2, 0.25) is 5.91 Å². The Morgan fingerprint density at radius 2 is 2.26 bits per heavy atom. The predicted octanol–water partition coefficient (Wildman–Crippen LogP) is 2.59. The van der Waals surface area contributed by atoms with E-state index >= 15 is 0 Å². The number of carbonyl (C=O) groups is 1. The summed E-state index contributed by atoms with van der Waals surface area (Å²) in [6.45, 7) is 1.38. The van der Waals surface area contributed by atoms with E-state index in [1.807, 2.05) is 7.05 Å². The number of anilines is 2. The van der Waals surface area contributed by atoms with Crippen LogP contribution in [-0.4, -0.2) is 30.9 Å². The first kappa shape index (κ1) is 14.2. The molecule has 5 heteroatoms. The summed E-state index contributed by atoms with van der Waals surface area (Å²) >= 11 is 6.02. The molecule has 4 nitrogen and oxygen atoms in total. The summed E-state index contributed by atoms with van der Waals surface area (Å²) in [5.41, 5.74) is 6.81. The zero-order valence-electron chi connectivity index (χ0n) is 11.2. The van der Waals surface area contributed by atoms with Gasteiger partial charge < -0.3 is 11.1 Å². The molecule has 1 aliphatic carbocycles. The zero-order valence-corrected chi connectivity index (χ0v) is 11.9. The minimum Gasteiger partial charge on any atom is -0.399 e. The van der Waals surface area contributed by atoms with Crippen LogP contribution in [0.25, 0.3) is 0 Å². The summed E-state index contributed by atoms with van der Waals surface area (Å²) in [5, 5.41) is 3.28. The molecule has 1 aromatic carbocycles. The van der Waals surface area contributed by atoms with Crippen molar-refractivity contribution in [1.82, 2.24) is 4.90 Å². The number of carbonyl (C=O) groups excluding carboxylic acids is 1. The Morgan fingerprint density at radius 1 is 1.53 bits per heavy atom. The number of benzene rings is 1. The van der Waals surface area contributed by atoms with Crippen LogP contribution in [0.2, 0.25) is 5.02 Å². The van der Waals surface area contributed by atoms with Gasteiger partial charge in [-0.25, -0.2) is 0 Å². The van der Waals surface area contributed by atoms with Gasteiger partial charge in [-0.2, -0.15) is 0 Å². The largest absolute Gasteiger partial charge is 0.399 e. The summed E-state index contributed by atoms with van der Waals surface area (Å²) in [6, 6.07) is 5.08. The molecule has 1 aliphatic rings. The lowest BCUT2D eigenvalue weighted by molar-refractivity contribution is -0.117. The van der Waals surface area contributed by atoms with E-state index in [1.54, 1.807) is 18.2 Å². The van der Waals surface area contributed by atoms with Crippen molar-refractivity contribution in [2.24, 2.45) is 5.92 Å². The Balaban J connectivity index is 1.82. The third-order valence-corrected chi connectivity index (χ3v) is 3.79. The van der Waals surface area contributed by atoms with Crippen LogP contribution in [0.5, 0.6) is 0 Å². The Kier molecular flexibility index (Phi) is 4.66. The molecule has 0 spiro atoms. The molecule has 1 saturated carbocycles. The Bertz CT molecular complexity index is 460. The van der Waals surface area contributed by atoms with Crippen molar-refractivity contribution in [2.75, 3.05) is 31.2 Å². The summed E-state index contributed by atoms with van der Waals surface area (Å²) in [5.74, 6) is 0.714. The van der Waals surface area contributed by atoms with Gasteiger partial charge in [0.05, 0.1) is 17.3 Å². The highest BCUT2D eigenvalue weighted by Crippen LogP contribution is 2.27. The number of nitrogens with zero attached hydrogens (tertiary/aromatic N) is 1. The molecule has 3 N–H and O–H groups in total. The lowest BCUT2D eigenvalue weighted by atomic mass is 9.85. The van der Waals surface area contributed by atoms with E-state index in [2.05, 4.69) is 10.2 Å². The van der Waals surface area contributed by atoms with Gasteiger partial charge in [-0.1, -0.05) is 18.0 Å². The highest BCUT2D eigenvalue weighted by atomic mass is 35.5. The normalized spacial score (nSPS) is 15.3. The summed E-state index contributed by atoms with van der Waals surface area (Å²) in [7, 11) is 1.97. The second-order valence-electron chi connectivity index (χ2n) is 5.28. The number of likely N-dealkylation sites (N-methyl/N-ethyl adjacent to an activating group) is 1. The van der Waals surface area contributed by atoms with Crippen molar-refractivity contribution in [3.63, 3.8) is 0 Å². The molecule has 19 heavy (non-hydrogen) atoms. The number of amides is 1. The molecule has 0 saturated heterocycles. The van der Waals surface area contributed by atoms with Crippen LogP contribution in [0.15, 0.2) is 18.2 Å². The summed E-state index contributed by atoms with van der Waals surface area (Å²) in [6.07, 6.45) is 3.90. The van der Waals surface area contributed by atoms with Gasteiger partial charge in [-0.05, 0) is 44.0 Å². The van der Waals surface area contributed by atoms with Crippen molar-refractivity contribution >= 4 is 28.9 Å². The molecule has 1 fully saturated rings. The molecule has 0 aliphatic heterocycles. The van der Waals surface area contributed by atoms with E-state index in [9.17, 15) is 4.79 Å².